The van der Waals surface area contributed by atoms with Gasteiger partial charge in [-0.3, -0.25) is 4.79 Å². The number of benzene rings is 1. The zero-order valence-electron chi connectivity index (χ0n) is 15.8. The molecule has 1 amide bonds. The lowest BCUT2D eigenvalue weighted by molar-refractivity contribution is 0.0743. The third-order valence-electron chi connectivity index (χ3n) is 5.34. The summed E-state index contributed by atoms with van der Waals surface area (Å²) in [6.45, 7) is 2.79. The first-order chi connectivity index (χ1) is 13.2. The van der Waals surface area contributed by atoms with Crippen LogP contribution in [0.15, 0.2) is 24.3 Å². The van der Waals surface area contributed by atoms with Gasteiger partial charge in [0.25, 0.3) is 5.91 Å². The fourth-order valence-corrected chi connectivity index (χ4v) is 3.76. The minimum atomic E-state index is -0.0193. The van der Waals surface area contributed by atoms with E-state index >= 15 is 0 Å². The molecule has 1 aromatic heterocycles. The van der Waals surface area contributed by atoms with Crippen molar-refractivity contribution < 1.29 is 14.3 Å². The summed E-state index contributed by atoms with van der Waals surface area (Å²) >= 11 is 0. The molecule has 2 heterocycles. The molecule has 1 saturated heterocycles. The van der Waals surface area contributed by atoms with Gasteiger partial charge in [-0.15, -0.1) is 5.10 Å². The monoisotopic (exact) mass is 368 g/mol. The van der Waals surface area contributed by atoms with Crippen LogP contribution in [-0.4, -0.2) is 61.4 Å². The van der Waals surface area contributed by atoms with Crippen LogP contribution in [-0.2, 0) is 12.8 Å². The lowest BCUT2D eigenvalue weighted by atomic mass is 10.1. The number of anilines is 1. The highest BCUT2D eigenvalue weighted by Gasteiger charge is 2.26. The Morgan fingerprint density at radius 1 is 1.00 bits per heavy atom. The number of hydrogen-bond acceptors (Lipinski definition) is 6. The van der Waals surface area contributed by atoms with Gasteiger partial charge in [0.15, 0.2) is 5.82 Å². The number of rotatable bonds is 4. The van der Waals surface area contributed by atoms with Crippen LogP contribution in [0.4, 0.5) is 5.82 Å². The zero-order chi connectivity index (χ0) is 18.8. The molecule has 1 aromatic carbocycles. The summed E-state index contributed by atoms with van der Waals surface area (Å²) in [6.07, 6.45) is 3.29. The summed E-state index contributed by atoms with van der Waals surface area (Å²) < 4.78 is 10.6. The van der Waals surface area contributed by atoms with E-state index in [0.717, 1.165) is 37.4 Å². The van der Waals surface area contributed by atoms with E-state index in [1.54, 1.807) is 32.4 Å². The molecule has 0 spiro atoms. The van der Waals surface area contributed by atoms with Crippen molar-refractivity contribution in [3.63, 3.8) is 0 Å². The predicted octanol–water partition coefficient (Wildman–Crippen LogP) is 1.94. The average Bonchev–Trinajstić information content (AvgIpc) is 3.20. The highest BCUT2D eigenvalue weighted by atomic mass is 16.5. The first-order valence-corrected chi connectivity index (χ1v) is 9.31. The molecule has 7 nitrogen and oxygen atoms in total. The van der Waals surface area contributed by atoms with Gasteiger partial charge < -0.3 is 19.3 Å². The highest BCUT2D eigenvalue weighted by molar-refractivity contribution is 5.97. The van der Waals surface area contributed by atoms with Crippen LogP contribution in [0.2, 0.25) is 0 Å². The number of carbonyl (C=O) groups is 1. The lowest BCUT2D eigenvalue weighted by Gasteiger charge is -2.35. The van der Waals surface area contributed by atoms with Crippen LogP contribution in [0.3, 0.4) is 0 Å². The quantitative estimate of drug-likeness (QED) is 0.822. The van der Waals surface area contributed by atoms with Crippen LogP contribution >= 0.6 is 0 Å². The number of hydrogen-bond donors (Lipinski definition) is 0. The third kappa shape index (κ3) is 3.41. The molecule has 0 bridgehead atoms. The molecule has 4 rings (SSSR count). The molecule has 0 saturated carbocycles. The smallest absolute Gasteiger partial charge is 0.257 e. The van der Waals surface area contributed by atoms with Gasteiger partial charge in [-0.2, -0.15) is 5.10 Å². The van der Waals surface area contributed by atoms with Gasteiger partial charge in [-0.25, -0.2) is 0 Å². The Bertz CT molecular complexity index is 847. The van der Waals surface area contributed by atoms with Crippen molar-refractivity contribution in [1.82, 2.24) is 15.1 Å². The Balaban J connectivity index is 1.44. The third-order valence-corrected chi connectivity index (χ3v) is 5.34. The standard InChI is InChI=1S/C20H24N4O3/c1-26-15-6-7-16(18(13-15)27-2)20(25)24-10-8-23(9-11-24)19-12-14-4-3-5-17(14)21-22-19/h6-7,12-13H,3-5,8-11H2,1-2H3. The second-order valence-electron chi connectivity index (χ2n) is 6.87. The van der Waals surface area contributed by atoms with Crippen molar-refractivity contribution in [2.75, 3.05) is 45.3 Å². The Kier molecular flexibility index (Phi) is 4.83. The second kappa shape index (κ2) is 7.42. The average molecular weight is 368 g/mol. The number of ether oxygens (including phenoxy) is 2. The maximum atomic E-state index is 12.9. The molecule has 2 aliphatic rings. The molecule has 0 N–H and O–H groups in total. The van der Waals surface area contributed by atoms with Gasteiger partial charge >= 0.3 is 0 Å². The summed E-state index contributed by atoms with van der Waals surface area (Å²) in [4.78, 5) is 17.0. The summed E-state index contributed by atoms with van der Waals surface area (Å²) in [5.41, 5.74) is 3.02. The van der Waals surface area contributed by atoms with Gasteiger partial charge in [-0.1, -0.05) is 0 Å². The van der Waals surface area contributed by atoms with Crippen LogP contribution in [0, 0.1) is 0 Å². The summed E-state index contributed by atoms with van der Waals surface area (Å²) in [6, 6.07) is 7.45. The minimum absolute atomic E-state index is 0.0193. The summed E-state index contributed by atoms with van der Waals surface area (Å²) in [7, 11) is 3.16. The van der Waals surface area contributed by atoms with E-state index in [4.69, 9.17) is 9.47 Å². The fraction of sp³-hybridized carbons (Fsp3) is 0.450. The molecule has 0 unspecified atom stereocenters. The molecular weight excluding hydrogens is 344 g/mol. The van der Waals surface area contributed by atoms with Crippen LogP contribution in [0.1, 0.15) is 28.0 Å². The highest BCUT2D eigenvalue weighted by Crippen LogP contribution is 2.27. The van der Waals surface area contributed by atoms with Crippen molar-refractivity contribution >= 4 is 11.7 Å². The Labute approximate surface area is 158 Å². The Morgan fingerprint density at radius 2 is 1.81 bits per heavy atom. The van der Waals surface area contributed by atoms with Gasteiger partial charge in [0.2, 0.25) is 0 Å². The number of aryl methyl sites for hydroxylation is 2. The van der Waals surface area contributed by atoms with E-state index in [-0.39, 0.29) is 5.91 Å². The zero-order valence-corrected chi connectivity index (χ0v) is 15.8. The van der Waals surface area contributed by atoms with E-state index in [9.17, 15) is 4.79 Å². The number of carbonyl (C=O) groups excluding carboxylic acids is 1. The molecule has 0 atom stereocenters. The number of amides is 1. The number of nitrogens with zero attached hydrogens (tertiary/aromatic N) is 4. The van der Waals surface area contributed by atoms with E-state index in [1.807, 2.05) is 4.90 Å². The molecule has 1 aliphatic heterocycles. The van der Waals surface area contributed by atoms with Crippen LogP contribution < -0.4 is 14.4 Å². The number of methoxy groups -OCH3 is 2. The fourth-order valence-electron chi connectivity index (χ4n) is 3.76. The molecular formula is C20H24N4O3. The van der Waals surface area contributed by atoms with Crippen LogP contribution in [0.25, 0.3) is 0 Å². The summed E-state index contributed by atoms with van der Waals surface area (Å²) in [5, 5.41) is 8.76. The van der Waals surface area contributed by atoms with Crippen molar-refractivity contribution in [2.45, 2.75) is 19.3 Å². The van der Waals surface area contributed by atoms with Gasteiger partial charge in [0.1, 0.15) is 11.5 Å². The first kappa shape index (κ1) is 17.6. The van der Waals surface area contributed by atoms with Crippen LogP contribution in [0.5, 0.6) is 11.5 Å². The molecule has 27 heavy (non-hydrogen) atoms. The SMILES string of the molecule is COc1ccc(C(=O)N2CCN(c3cc4c(nn3)CCC4)CC2)c(OC)c1. The second-order valence-corrected chi connectivity index (χ2v) is 6.87. The predicted molar refractivity (Wildman–Crippen MR) is 102 cm³/mol. The van der Waals surface area contributed by atoms with E-state index in [2.05, 4.69) is 21.2 Å². The van der Waals surface area contributed by atoms with Crippen molar-refractivity contribution in [3.8, 4) is 11.5 Å². The van der Waals surface area contributed by atoms with Crippen molar-refractivity contribution in [2.24, 2.45) is 0 Å². The Morgan fingerprint density at radius 3 is 2.56 bits per heavy atom. The lowest BCUT2D eigenvalue weighted by Crippen LogP contribution is -2.49. The summed E-state index contributed by atoms with van der Waals surface area (Å²) in [5.74, 6) is 2.11. The normalized spacial score (nSPS) is 16.2. The Hall–Kier alpha value is -2.83. The minimum Gasteiger partial charge on any atom is -0.497 e. The molecule has 2 aromatic rings. The molecule has 0 radical (unpaired) electrons. The van der Waals surface area contributed by atoms with E-state index in [0.29, 0.717) is 30.2 Å². The first-order valence-electron chi connectivity index (χ1n) is 9.31. The maximum Gasteiger partial charge on any atom is 0.257 e. The number of fused-ring (bicyclic) bond motifs is 1. The van der Waals surface area contributed by atoms with Gasteiger partial charge in [0.05, 0.1) is 25.5 Å². The largest absolute Gasteiger partial charge is 0.497 e. The number of aromatic nitrogens is 2. The topological polar surface area (TPSA) is 67.8 Å². The molecule has 7 heteroatoms. The van der Waals surface area contributed by atoms with Crippen molar-refractivity contribution in [3.05, 3.63) is 41.1 Å². The molecule has 1 aliphatic carbocycles. The maximum absolute atomic E-state index is 12.9. The van der Waals surface area contributed by atoms with E-state index in [1.165, 1.54) is 12.0 Å². The molecule has 142 valence electrons. The number of piperazine rings is 1. The van der Waals surface area contributed by atoms with Gasteiger partial charge in [-0.05, 0) is 43.0 Å². The van der Waals surface area contributed by atoms with E-state index < -0.39 is 0 Å². The van der Waals surface area contributed by atoms with Gasteiger partial charge in [0, 0.05) is 32.2 Å². The molecule has 1 fully saturated rings. The van der Waals surface area contributed by atoms with Crippen molar-refractivity contribution in [1.29, 1.82) is 0 Å².